The van der Waals surface area contributed by atoms with Crippen LogP contribution in [-0.2, 0) is 0 Å². The van der Waals surface area contributed by atoms with E-state index in [0.29, 0.717) is 0 Å². The molecule has 0 amide bonds. The standard InChI is InChI=1S/C10H15Cl3Si2/c1-14(2,11)8-9-15(12,13)10-6-4-3-5-7-10/h3-7H,8-9H2,1-2H3. The second kappa shape index (κ2) is 5.24. The van der Waals surface area contributed by atoms with Crippen molar-refractivity contribution in [2.75, 3.05) is 0 Å². The highest BCUT2D eigenvalue weighted by atomic mass is 35.7. The minimum Gasteiger partial charge on any atom is -0.168 e. The zero-order valence-electron chi connectivity index (χ0n) is 8.93. The Morgan fingerprint density at radius 1 is 0.933 bits per heavy atom. The monoisotopic (exact) mass is 296 g/mol. The number of benzene rings is 1. The first-order valence-corrected chi connectivity index (χ1v) is 13.4. The largest absolute Gasteiger partial charge is 0.280 e. The molecule has 0 saturated heterocycles. The molecule has 0 aliphatic heterocycles. The molecule has 0 fully saturated rings. The second-order valence-corrected chi connectivity index (χ2v) is 18.2. The summed E-state index contributed by atoms with van der Waals surface area (Å²) >= 11 is 19.1. The highest BCUT2D eigenvalue weighted by Gasteiger charge is 2.33. The summed E-state index contributed by atoms with van der Waals surface area (Å²) in [7, 11) is -1.56. The predicted octanol–water partition coefficient (Wildman–Crippen LogP) is 4.26. The molecule has 0 heterocycles. The summed E-state index contributed by atoms with van der Waals surface area (Å²) in [6, 6.07) is 11.8. The molecule has 0 N–H and O–H groups in total. The average Bonchev–Trinajstić information content (AvgIpc) is 2.16. The number of rotatable bonds is 4. The van der Waals surface area contributed by atoms with Crippen molar-refractivity contribution < 1.29 is 0 Å². The minimum absolute atomic E-state index is 0.850. The van der Waals surface area contributed by atoms with Gasteiger partial charge in [0.15, 0.2) is 0 Å². The fourth-order valence-electron chi connectivity index (χ4n) is 1.28. The first-order valence-electron chi connectivity index (χ1n) is 4.93. The molecule has 0 aliphatic rings. The van der Waals surface area contributed by atoms with E-state index in [2.05, 4.69) is 13.1 Å². The average molecular weight is 298 g/mol. The van der Waals surface area contributed by atoms with Gasteiger partial charge in [0.05, 0.1) is 0 Å². The summed E-state index contributed by atoms with van der Waals surface area (Å²) in [6.07, 6.45) is 0. The van der Waals surface area contributed by atoms with E-state index in [4.69, 9.17) is 33.2 Å². The van der Waals surface area contributed by atoms with Crippen LogP contribution in [0.4, 0.5) is 0 Å². The molecular formula is C10H15Cl3Si2. The van der Waals surface area contributed by atoms with Crippen molar-refractivity contribution in [3.8, 4) is 0 Å². The molecule has 0 nitrogen and oxygen atoms in total. The van der Waals surface area contributed by atoms with Crippen molar-refractivity contribution in [2.24, 2.45) is 0 Å². The molecule has 1 aromatic rings. The third kappa shape index (κ3) is 4.92. The third-order valence-electron chi connectivity index (χ3n) is 2.23. The molecule has 0 bridgehead atoms. The molecule has 1 rings (SSSR count). The molecule has 5 heteroatoms. The van der Waals surface area contributed by atoms with Crippen LogP contribution >= 0.6 is 33.2 Å². The van der Waals surface area contributed by atoms with Crippen LogP contribution in [0, 0.1) is 0 Å². The van der Waals surface area contributed by atoms with Crippen molar-refractivity contribution >= 4 is 52.5 Å². The molecule has 0 unspecified atom stereocenters. The first-order chi connectivity index (χ1) is 6.81. The first kappa shape index (κ1) is 13.6. The Hall–Kier alpha value is 0.524. The van der Waals surface area contributed by atoms with Crippen molar-refractivity contribution in [3.63, 3.8) is 0 Å². The van der Waals surface area contributed by atoms with E-state index < -0.39 is 14.1 Å². The lowest BCUT2D eigenvalue weighted by atomic mass is 10.4. The van der Waals surface area contributed by atoms with Crippen molar-refractivity contribution in [2.45, 2.75) is 25.2 Å². The maximum atomic E-state index is 6.44. The zero-order valence-corrected chi connectivity index (χ0v) is 13.2. The number of halogens is 3. The zero-order chi connectivity index (χ0) is 11.5. The predicted molar refractivity (Wildman–Crippen MR) is 76.5 cm³/mol. The van der Waals surface area contributed by atoms with Gasteiger partial charge in [0.2, 0.25) is 0 Å². The van der Waals surface area contributed by atoms with E-state index in [1.165, 1.54) is 0 Å². The van der Waals surface area contributed by atoms with Gasteiger partial charge in [-0.05, 0) is 17.3 Å². The molecule has 0 aliphatic carbocycles. The van der Waals surface area contributed by atoms with E-state index in [0.717, 1.165) is 17.3 Å². The maximum Gasteiger partial charge on any atom is 0.280 e. The fourth-order valence-corrected chi connectivity index (χ4v) is 9.19. The normalized spacial score (nSPS) is 12.9. The summed E-state index contributed by atoms with van der Waals surface area (Å²) in [4.78, 5) is 0. The van der Waals surface area contributed by atoms with Gasteiger partial charge in [-0.1, -0.05) is 43.4 Å². The van der Waals surface area contributed by atoms with Crippen LogP contribution in [0.1, 0.15) is 0 Å². The SMILES string of the molecule is C[Si](C)(Cl)CC[Si](Cl)(Cl)c1ccccc1. The van der Waals surface area contributed by atoms with Crippen LogP contribution in [0.15, 0.2) is 30.3 Å². The Morgan fingerprint density at radius 2 is 1.47 bits per heavy atom. The Morgan fingerprint density at radius 3 is 1.93 bits per heavy atom. The van der Waals surface area contributed by atoms with Crippen LogP contribution in [0.25, 0.3) is 0 Å². The lowest BCUT2D eigenvalue weighted by Gasteiger charge is -2.20. The highest BCUT2D eigenvalue weighted by Crippen LogP contribution is 2.28. The molecule has 0 saturated carbocycles. The quantitative estimate of drug-likeness (QED) is 0.575. The minimum atomic E-state index is -2.29. The smallest absolute Gasteiger partial charge is 0.168 e. The van der Waals surface area contributed by atoms with Gasteiger partial charge < -0.3 is 0 Å². The van der Waals surface area contributed by atoms with Crippen LogP contribution in [0.5, 0.6) is 0 Å². The lowest BCUT2D eigenvalue weighted by Crippen LogP contribution is -2.37. The molecule has 0 radical (unpaired) electrons. The van der Waals surface area contributed by atoms with E-state index in [-0.39, 0.29) is 0 Å². The fraction of sp³-hybridized carbons (Fsp3) is 0.400. The van der Waals surface area contributed by atoms with Gasteiger partial charge in [0, 0.05) is 0 Å². The Labute approximate surface area is 108 Å². The van der Waals surface area contributed by atoms with Gasteiger partial charge in [-0.3, -0.25) is 0 Å². The Balaban J connectivity index is 2.68. The molecule has 84 valence electrons. The molecule has 15 heavy (non-hydrogen) atoms. The van der Waals surface area contributed by atoms with Gasteiger partial charge in [-0.25, -0.2) is 0 Å². The van der Waals surface area contributed by atoms with Gasteiger partial charge >= 0.3 is 0 Å². The van der Waals surface area contributed by atoms with Crippen molar-refractivity contribution in [1.82, 2.24) is 0 Å². The summed E-state index contributed by atoms with van der Waals surface area (Å²) in [5, 5.41) is 1.09. The van der Waals surface area contributed by atoms with Gasteiger partial charge in [0.25, 0.3) is 6.69 Å². The van der Waals surface area contributed by atoms with Crippen LogP contribution in [0.3, 0.4) is 0 Å². The van der Waals surface area contributed by atoms with Crippen LogP contribution < -0.4 is 5.19 Å². The van der Waals surface area contributed by atoms with Gasteiger partial charge in [-0.15, -0.1) is 22.2 Å². The van der Waals surface area contributed by atoms with E-state index in [1.807, 2.05) is 30.3 Å². The molecule has 1 aromatic carbocycles. The van der Waals surface area contributed by atoms with Crippen molar-refractivity contribution in [1.29, 1.82) is 0 Å². The van der Waals surface area contributed by atoms with E-state index in [1.54, 1.807) is 0 Å². The Bertz CT molecular complexity index is 306. The summed E-state index contributed by atoms with van der Waals surface area (Å²) < 4.78 is 0. The second-order valence-electron chi connectivity index (χ2n) is 4.29. The number of hydrogen-bond donors (Lipinski definition) is 0. The van der Waals surface area contributed by atoms with Gasteiger partial charge in [-0.2, -0.15) is 11.1 Å². The summed E-state index contributed by atoms with van der Waals surface area (Å²) in [5.74, 6) is 0. The van der Waals surface area contributed by atoms with Crippen molar-refractivity contribution in [3.05, 3.63) is 30.3 Å². The van der Waals surface area contributed by atoms with Crippen LogP contribution in [0.2, 0.25) is 25.2 Å². The Kier molecular flexibility index (Phi) is 4.74. The lowest BCUT2D eigenvalue weighted by molar-refractivity contribution is 1.36. The molecular weight excluding hydrogens is 283 g/mol. The maximum absolute atomic E-state index is 6.44. The molecule has 0 spiro atoms. The van der Waals surface area contributed by atoms with Gasteiger partial charge in [0.1, 0.15) is 7.38 Å². The van der Waals surface area contributed by atoms with E-state index >= 15 is 0 Å². The third-order valence-corrected chi connectivity index (χ3v) is 9.23. The summed E-state index contributed by atoms with van der Waals surface area (Å²) in [5.41, 5.74) is 0. The molecule has 0 atom stereocenters. The topological polar surface area (TPSA) is 0 Å². The molecule has 0 aromatic heterocycles. The summed E-state index contributed by atoms with van der Waals surface area (Å²) in [6.45, 7) is 1.95. The van der Waals surface area contributed by atoms with E-state index in [9.17, 15) is 0 Å². The number of hydrogen-bond acceptors (Lipinski definition) is 0. The van der Waals surface area contributed by atoms with Crippen LogP contribution in [-0.4, -0.2) is 14.1 Å². The highest BCUT2D eigenvalue weighted by molar-refractivity contribution is 7.51.